The Bertz CT molecular complexity index is 638. The Morgan fingerprint density at radius 3 is 2.71 bits per heavy atom. The molecule has 0 spiro atoms. The van der Waals surface area contributed by atoms with E-state index in [1.807, 2.05) is 0 Å². The van der Waals surface area contributed by atoms with Crippen molar-refractivity contribution in [3.05, 3.63) is 47.3 Å². The predicted molar refractivity (Wildman–Crippen MR) is 65.5 cm³/mol. The Hall–Kier alpha value is -2.51. The number of rotatable bonds is 4. The van der Waals surface area contributed by atoms with Gasteiger partial charge in [0.15, 0.2) is 0 Å². The van der Waals surface area contributed by atoms with E-state index < -0.39 is 12.3 Å². The molecule has 0 aliphatic heterocycles. The third-order valence-corrected chi connectivity index (χ3v) is 2.49. The van der Waals surface area contributed by atoms with Crippen molar-refractivity contribution in [1.29, 1.82) is 0 Å². The summed E-state index contributed by atoms with van der Waals surface area (Å²) < 4.78 is 45.4. The fourth-order valence-corrected chi connectivity index (χ4v) is 1.61. The quantitative estimate of drug-likeness (QED) is 0.943. The van der Waals surface area contributed by atoms with E-state index in [1.165, 1.54) is 24.3 Å². The Morgan fingerprint density at radius 1 is 1.38 bits per heavy atom. The maximum atomic E-state index is 12.3. The lowest BCUT2D eigenvalue weighted by atomic mass is 10.2. The van der Waals surface area contributed by atoms with Gasteiger partial charge in [0.05, 0.1) is 5.69 Å². The highest BCUT2D eigenvalue weighted by Gasteiger charge is 2.32. The number of aryl methyl sites for hydroxylation is 1. The van der Waals surface area contributed by atoms with E-state index in [2.05, 4.69) is 15.2 Å². The number of alkyl halides is 3. The van der Waals surface area contributed by atoms with Gasteiger partial charge in [-0.3, -0.25) is 4.79 Å². The van der Waals surface area contributed by atoms with Crippen molar-refractivity contribution in [1.82, 2.24) is 10.5 Å². The molecule has 0 radical (unpaired) electrons. The van der Waals surface area contributed by atoms with Crippen LogP contribution in [0.2, 0.25) is 0 Å². The SMILES string of the molecule is Cc1cc(C(=O)NCc2ccccc2OC(F)(F)F)on1. The van der Waals surface area contributed by atoms with E-state index in [4.69, 9.17) is 4.52 Å². The molecule has 0 aliphatic carbocycles. The molecule has 1 amide bonds. The number of carbonyl (C=O) groups is 1. The Labute approximate surface area is 117 Å². The third-order valence-electron chi connectivity index (χ3n) is 2.49. The second-order valence-electron chi connectivity index (χ2n) is 4.17. The number of halogens is 3. The minimum Gasteiger partial charge on any atom is -0.405 e. The number of benzene rings is 1. The molecule has 1 N–H and O–H groups in total. The lowest BCUT2D eigenvalue weighted by molar-refractivity contribution is -0.274. The summed E-state index contributed by atoms with van der Waals surface area (Å²) in [5, 5.41) is 5.98. The van der Waals surface area contributed by atoms with E-state index in [0.29, 0.717) is 5.69 Å². The number of carbonyl (C=O) groups excluding carboxylic acids is 1. The highest BCUT2D eigenvalue weighted by Crippen LogP contribution is 2.26. The summed E-state index contributed by atoms with van der Waals surface area (Å²) in [6, 6.07) is 6.98. The number of aromatic nitrogens is 1. The van der Waals surface area contributed by atoms with E-state index in [1.54, 1.807) is 13.0 Å². The van der Waals surface area contributed by atoms with Crippen LogP contribution >= 0.6 is 0 Å². The largest absolute Gasteiger partial charge is 0.573 e. The summed E-state index contributed by atoms with van der Waals surface area (Å²) in [4.78, 5) is 11.7. The molecule has 1 heterocycles. The molecule has 2 aromatic rings. The monoisotopic (exact) mass is 300 g/mol. The van der Waals surface area contributed by atoms with Gasteiger partial charge in [0, 0.05) is 18.2 Å². The molecule has 0 unspecified atom stereocenters. The van der Waals surface area contributed by atoms with Crippen LogP contribution in [-0.4, -0.2) is 17.4 Å². The van der Waals surface area contributed by atoms with Gasteiger partial charge in [-0.25, -0.2) is 0 Å². The van der Waals surface area contributed by atoms with Crippen LogP contribution in [0.25, 0.3) is 0 Å². The van der Waals surface area contributed by atoms with Gasteiger partial charge in [0.2, 0.25) is 5.76 Å². The zero-order valence-corrected chi connectivity index (χ0v) is 10.9. The minimum absolute atomic E-state index is 0.0123. The van der Waals surface area contributed by atoms with Crippen LogP contribution in [0.15, 0.2) is 34.9 Å². The lowest BCUT2D eigenvalue weighted by Gasteiger charge is -2.13. The van der Waals surface area contributed by atoms with Gasteiger partial charge in [0.25, 0.3) is 5.91 Å². The number of nitrogens with one attached hydrogen (secondary N) is 1. The first-order valence-corrected chi connectivity index (χ1v) is 5.90. The zero-order chi connectivity index (χ0) is 15.5. The molecule has 0 fully saturated rings. The molecule has 8 heteroatoms. The first kappa shape index (κ1) is 14.9. The van der Waals surface area contributed by atoms with Crippen molar-refractivity contribution in [2.45, 2.75) is 19.8 Å². The highest BCUT2D eigenvalue weighted by atomic mass is 19.4. The molecule has 0 atom stereocenters. The van der Waals surface area contributed by atoms with E-state index in [9.17, 15) is 18.0 Å². The van der Waals surface area contributed by atoms with Gasteiger partial charge < -0.3 is 14.6 Å². The van der Waals surface area contributed by atoms with E-state index in [0.717, 1.165) is 0 Å². The molecular formula is C13H11F3N2O3. The van der Waals surface area contributed by atoms with Crippen LogP contribution in [0.4, 0.5) is 13.2 Å². The molecule has 112 valence electrons. The van der Waals surface area contributed by atoms with E-state index >= 15 is 0 Å². The molecule has 1 aromatic carbocycles. The van der Waals surface area contributed by atoms with Crippen molar-refractivity contribution in [2.75, 3.05) is 0 Å². The molecule has 0 aliphatic rings. The Morgan fingerprint density at radius 2 is 2.10 bits per heavy atom. The van der Waals surface area contributed by atoms with Crippen LogP contribution in [0.1, 0.15) is 21.8 Å². The second kappa shape index (κ2) is 5.86. The summed E-state index contributed by atoms with van der Waals surface area (Å²) in [7, 11) is 0. The maximum Gasteiger partial charge on any atom is 0.573 e. The average molecular weight is 300 g/mol. The molecule has 1 aromatic heterocycles. The average Bonchev–Trinajstić information content (AvgIpc) is 2.82. The van der Waals surface area contributed by atoms with Gasteiger partial charge in [-0.05, 0) is 13.0 Å². The van der Waals surface area contributed by atoms with Crippen molar-refractivity contribution in [3.63, 3.8) is 0 Å². The van der Waals surface area contributed by atoms with Gasteiger partial charge in [0.1, 0.15) is 5.75 Å². The molecular weight excluding hydrogens is 289 g/mol. The van der Waals surface area contributed by atoms with Gasteiger partial charge in [-0.2, -0.15) is 0 Å². The Kier molecular flexibility index (Phi) is 4.15. The van der Waals surface area contributed by atoms with Crippen LogP contribution in [0.3, 0.4) is 0 Å². The Balaban J connectivity index is 2.05. The van der Waals surface area contributed by atoms with Crippen LogP contribution in [0.5, 0.6) is 5.75 Å². The molecule has 0 saturated heterocycles. The summed E-state index contributed by atoms with van der Waals surface area (Å²) in [6.45, 7) is 1.51. The number of para-hydroxylation sites is 1. The summed E-state index contributed by atoms with van der Waals surface area (Å²) >= 11 is 0. The first-order valence-electron chi connectivity index (χ1n) is 5.90. The summed E-state index contributed by atoms with van der Waals surface area (Å²) in [5.74, 6) is -0.946. The highest BCUT2D eigenvalue weighted by molar-refractivity contribution is 5.91. The predicted octanol–water partition coefficient (Wildman–Crippen LogP) is 2.81. The fourth-order valence-electron chi connectivity index (χ4n) is 1.61. The smallest absolute Gasteiger partial charge is 0.405 e. The number of amides is 1. The maximum absolute atomic E-state index is 12.3. The minimum atomic E-state index is -4.79. The van der Waals surface area contributed by atoms with E-state index in [-0.39, 0.29) is 23.6 Å². The van der Waals surface area contributed by atoms with Crippen molar-refractivity contribution in [2.24, 2.45) is 0 Å². The zero-order valence-electron chi connectivity index (χ0n) is 10.9. The fraction of sp³-hybridized carbons (Fsp3) is 0.231. The standard InChI is InChI=1S/C13H11F3N2O3/c1-8-6-11(21-18-8)12(19)17-7-9-4-2-3-5-10(9)20-13(14,15)16/h2-6H,7H2,1H3,(H,17,19). The molecule has 21 heavy (non-hydrogen) atoms. The number of hydrogen-bond acceptors (Lipinski definition) is 4. The third kappa shape index (κ3) is 4.23. The van der Waals surface area contributed by atoms with Crippen LogP contribution in [0, 0.1) is 6.92 Å². The van der Waals surface area contributed by atoms with Crippen molar-refractivity contribution < 1.29 is 27.2 Å². The number of hydrogen-bond donors (Lipinski definition) is 1. The number of ether oxygens (including phenoxy) is 1. The lowest BCUT2D eigenvalue weighted by Crippen LogP contribution is -2.24. The van der Waals surface area contributed by atoms with Gasteiger partial charge >= 0.3 is 6.36 Å². The molecule has 5 nitrogen and oxygen atoms in total. The molecule has 0 bridgehead atoms. The first-order chi connectivity index (χ1) is 9.85. The van der Waals surface area contributed by atoms with Crippen molar-refractivity contribution >= 4 is 5.91 Å². The van der Waals surface area contributed by atoms with Gasteiger partial charge in [-0.15, -0.1) is 13.2 Å². The summed E-state index contributed by atoms with van der Waals surface area (Å²) in [6.07, 6.45) is -4.79. The molecule has 0 saturated carbocycles. The number of nitrogens with zero attached hydrogens (tertiary/aromatic N) is 1. The molecule has 2 rings (SSSR count). The summed E-state index contributed by atoms with van der Waals surface area (Å²) in [5.41, 5.74) is 0.723. The topological polar surface area (TPSA) is 64.4 Å². The second-order valence-corrected chi connectivity index (χ2v) is 4.17. The van der Waals surface area contributed by atoms with Gasteiger partial charge in [-0.1, -0.05) is 23.4 Å². The van der Waals surface area contributed by atoms with Crippen molar-refractivity contribution in [3.8, 4) is 5.75 Å². The normalized spacial score (nSPS) is 11.2. The van der Waals surface area contributed by atoms with Crippen LogP contribution in [-0.2, 0) is 6.54 Å². The van der Waals surface area contributed by atoms with Crippen LogP contribution < -0.4 is 10.1 Å².